The summed E-state index contributed by atoms with van der Waals surface area (Å²) >= 11 is 5.94. The highest BCUT2D eigenvalue weighted by atomic mass is 35.5. The molecule has 1 aromatic heterocycles. The third kappa shape index (κ3) is 5.11. The fourth-order valence-electron chi connectivity index (χ4n) is 3.02. The van der Waals surface area contributed by atoms with E-state index in [1.807, 2.05) is 0 Å². The number of nitrogens with zero attached hydrogens (tertiary/aromatic N) is 3. The number of nitro groups is 1. The Kier molecular flexibility index (Phi) is 6.65. The molecule has 170 valence electrons. The van der Waals surface area contributed by atoms with Gasteiger partial charge in [-0.3, -0.25) is 14.9 Å². The standard InChI is InChI=1S/C24H17ClN4O5/c1-2-13-33-19-11-12-21(26-22(30)15-5-9-18(10-6-15)29(31)32)20(14-19)24-28-27-23(34-24)16-3-7-17(25)8-4-16/h2-12,14H,1,13H2,(H,26,30). The molecule has 10 heteroatoms. The van der Waals surface area contributed by atoms with Crippen molar-refractivity contribution in [2.75, 3.05) is 11.9 Å². The number of carbonyl (C=O) groups excluding carboxylic acids is 1. The lowest BCUT2D eigenvalue weighted by Gasteiger charge is -2.11. The van der Waals surface area contributed by atoms with Crippen molar-refractivity contribution >= 4 is 28.9 Å². The lowest BCUT2D eigenvalue weighted by molar-refractivity contribution is -0.384. The molecule has 0 aliphatic heterocycles. The van der Waals surface area contributed by atoms with Crippen molar-refractivity contribution in [3.05, 3.63) is 100 Å². The molecule has 9 nitrogen and oxygen atoms in total. The van der Waals surface area contributed by atoms with Crippen LogP contribution in [0.5, 0.6) is 5.75 Å². The average Bonchev–Trinajstić information content (AvgIpc) is 3.34. The first-order chi connectivity index (χ1) is 16.4. The normalized spacial score (nSPS) is 10.5. The summed E-state index contributed by atoms with van der Waals surface area (Å²) in [5.41, 5.74) is 1.64. The Hall–Kier alpha value is -4.50. The van der Waals surface area contributed by atoms with Gasteiger partial charge in [-0.05, 0) is 54.6 Å². The van der Waals surface area contributed by atoms with Crippen LogP contribution in [0.1, 0.15) is 10.4 Å². The molecule has 0 radical (unpaired) electrons. The fraction of sp³-hybridized carbons (Fsp3) is 0.0417. The Balaban J connectivity index is 1.66. The molecule has 0 unspecified atom stereocenters. The first-order valence-electron chi connectivity index (χ1n) is 9.98. The number of nitrogens with one attached hydrogen (secondary N) is 1. The zero-order valence-corrected chi connectivity index (χ0v) is 18.4. The van der Waals surface area contributed by atoms with Crippen molar-refractivity contribution in [2.45, 2.75) is 0 Å². The molecule has 0 aliphatic carbocycles. The van der Waals surface area contributed by atoms with Gasteiger partial charge in [0.1, 0.15) is 12.4 Å². The van der Waals surface area contributed by atoms with Gasteiger partial charge >= 0.3 is 0 Å². The molecule has 3 aromatic carbocycles. The molecule has 1 amide bonds. The molecular formula is C24H17ClN4O5. The summed E-state index contributed by atoms with van der Waals surface area (Å²) in [5, 5.41) is 22.4. The Morgan fingerprint density at radius 1 is 1.09 bits per heavy atom. The number of hydrogen-bond donors (Lipinski definition) is 1. The first kappa shape index (κ1) is 22.7. The van der Waals surface area contributed by atoms with E-state index in [1.165, 1.54) is 24.3 Å². The van der Waals surface area contributed by atoms with E-state index in [4.69, 9.17) is 20.8 Å². The van der Waals surface area contributed by atoms with E-state index < -0.39 is 10.8 Å². The van der Waals surface area contributed by atoms with Crippen molar-refractivity contribution < 1.29 is 18.9 Å². The highest BCUT2D eigenvalue weighted by Crippen LogP contribution is 2.33. The molecule has 0 bridgehead atoms. The lowest BCUT2D eigenvalue weighted by atomic mass is 10.1. The van der Waals surface area contributed by atoms with E-state index in [0.717, 1.165) is 0 Å². The molecule has 0 atom stereocenters. The number of anilines is 1. The number of benzene rings is 3. The second-order valence-corrected chi connectivity index (χ2v) is 7.42. The van der Waals surface area contributed by atoms with Gasteiger partial charge in [-0.2, -0.15) is 0 Å². The van der Waals surface area contributed by atoms with Crippen LogP contribution in [-0.4, -0.2) is 27.6 Å². The number of halogens is 1. The van der Waals surface area contributed by atoms with E-state index in [-0.39, 0.29) is 29.6 Å². The maximum absolute atomic E-state index is 12.8. The molecule has 4 aromatic rings. The summed E-state index contributed by atoms with van der Waals surface area (Å²) in [6.45, 7) is 3.92. The third-order valence-corrected chi connectivity index (χ3v) is 4.95. The van der Waals surface area contributed by atoms with Crippen LogP contribution in [0.3, 0.4) is 0 Å². The van der Waals surface area contributed by atoms with Crippen LogP contribution in [0, 0.1) is 10.1 Å². The minimum Gasteiger partial charge on any atom is -0.490 e. The van der Waals surface area contributed by atoms with Gasteiger partial charge in [-0.25, -0.2) is 0 Å². The van der Waals surface area contributed by atoms with Gasteiger partial charge in [0.2, 0.25) is 11.8 Å². The van der Waals surface area contributed by atoms with Crippen LogP contribution in [-0.2, 0) is 0 Å². The number of non-ortho nitro benzene ring substituents is 1. The van der Waals surface area contributed by atoms with Crippen molar-refractivity contribution in [1.82, 2.24) is 10.2 Å². The van der Waals surface area contributed by atoms with E-state index in [9.17, 15) is 14.9 Å². The Morgan fingerprint density at radius 3 is 2.47 bits per heavy atom. The summed E-state index contributed by atoms with van der Waals surface area (Å²) in [5.74, 6) is 0.479. The number of nitro benzene ring substituents is 1. The zero-order chi connectivity index (χ0) is 24.1. The van der Waals surface area contributed by atoms with E-state index in [2.05, 4.69) is 22.1 Å². The van der Waals surface area contributed by atoms with Gasteiger partial charge in [0.15, 0.2) is 0 Å². The Labute approximate surface area is 198 Å². The number of amides is 1. The largest absolute Gasteiger partial charge is 0.490 e. The number of hydrogen-bond acceptors (Lipinski definition) is 7. The van der Waals surface area contributed by atoms with E-state index in [0.29, 0.717) is 27.6 Å². The predicted molar refractivity (Wildman–Crippen MR) is 127 cm³/mol. The maximum Gasteiger partial charge on any atom is 0.269 e. The van der Waals surface area contributed by atoms with E-state index >= 15 is 0 Å². The zero-order valence-electron chi connectivity index (χ0n) is 17.6. The van der Waals surface area contributed by atoms with Crippen molar-refractivity contribution in [3.8, 4) is 28.7 Å². The Morgan fingerprint density at radius 2 is 1.79 bits per heavy atom. The van der Waals surface area contributed by atoms with Gasteiger partial charge < -0.3 is 14.5 Å². The monoisotopic (exact) mass is 476 g/mol. The quantitative estimate of drug-likeness (QED) is 0.194. The highest BCUT2D eigenvalue weighted by Gasteiger charge is 2.18. The number of rotatable bonds is 8. The van der Waals surface area contributed by atoms with Crippen LogP contribution < -0.4 is 10.1 Å². The molecule has 0 spiro atoms. The third-order valence-electron chi connectivity index (χ3n) is 4.69. The van der Waals surface area contributed by atoms with E-state index in [1.54, 1.807) is 48.5 Å². The first-order valence-corrected chi connectivity index (χ1v) is 10.4. The van der Waals surface area contributed by atoms with Gasteiger partial charge in [0.05, 0.1) is 16.2 Å². The molecule has 4 rings (SSSR count). The molecule has 0 aliphatic rings. The fourth-order valence-corrected chi connectivity index (χ4v) is 3.15. The molecule has 1 heterocycles. The van der Waals surface area contributed by atoms with Crippen LogP contribution in [0.4, 0.5) is 11.4 Å². The smallest absolute Gasteiger partial charge is 0.269 e. The second-order valence-electron chi connectivity index (χ2n) is 6.98. The molecule has 34 heavy (non-hydrogen) atoms. The SMILES string of the molecule is C=CCOc1ccc(NC(=O)c2ccc([N+](=O)[O-])cc2)c(-c2nnc(-c3ccc(Cl)cc3)o2)c1. The number of carbonyl (C=O) groups is 1. The van der Waals surface area contributed by atoms with Crippen molar-refractivity contribution in [2.24, 2.45) is 0 Å². The molecule has 0 saturated heterocycles. The highest BCUT2D eigenvalue weighted by molar-refractivity contribution is 6.30. The number of aromatic nitrogens is 2. The lowest BCUT2D eigenvalue weighted by Crippen LogP contribution is -2.12. The Bertz CT molecular complexity index is 1350. The van der Waals surface area contributed by atoms with Gasteiger partial charge in [-0.15, -0.1) is 10.2 Å². The van der Waals surface area contributed by atoms with Crippen LogP contribution in [0.15, 0.2) is 83.8 Å². The van der Waals surface area contributed by atoms with Crippen molar-refractivity contribution in [1.29, 1.82) is 0 Å². The summed E-state index contributed by atoms with van der Waals surface area (Å²) in [6, 6.07) is 17.2. The van der Waals surface area contributed by atoms with Crippen LogP contribution in [0.25, 0.3) is 22.9 Å². The predicted octanol–water partition coefficient (Wildman–Crippen LogP) is 5.78. The van der Waals surface area contributed by atoms with Gasteiger partial charge in [0, 0.05) is 28.3 Å². The van der Waals surface area contributed by atoms with Crippen LogP contribution >= 0.6 is 11.6 Å². The number of ether oxygens (including phenoxy) is 1. The van der Waals surface area contributed by atoms with Gasteiger partial charge in [0.25, 0.3) is 11.6 Å². The van der Waals surface area contributed by atoms with Gasteiger partial charge in [-0.1, -0.05) is 24.3 Å². The summed E-state index contributed by atoms with van der Waals surface area (Å²) in [6.07, 6.45) is 1.61. The topological polar surface area (TPSA) is 120 Å². The minimum atomic E-state index is -0.532. The summed E-state index contributed by atoms with van der Waals surface area (Å²) in [4.78, 5) is 23.1. The molecular weight excluding hydrogens is 460 g/mol. The molecule has 1 N–H and O–H groups in total. The summed E-state index contributed by atoms with van der Waals surface area (Å²) in [7, 11) is 0. The second kappa shape index (κ2) is 9.97. The minimum absolute atomic E-state index is 0.110. The van der Waals surface area contributed by atoms with Crippen LogP contribution in [0.2, 0.25) is 5.02 Å². The maximum atomic E-state index is 12.8. The summed E-state index contributed by atoms with van der Waals surface area (Å²) < 4.78 is 11.5. The van der Waals surface area contributed by atoms with Crippen molar-refractivity contribution in [3.63, 3.8) is 0 Å². The average molecular weight is 477 g/mol. The molecule has 0 saturated carbocycles. The molecule has 0 fully saturated rings.